The molecule has 332 valence electrons. The summed E-state index contributed by atoms with van der Waals surface area (Å²) < 4.78 is 11.5. The highest BCUT2D eigenvalue weighted by Gasteiger charge is 2.36. The van der Waals surface area contributed by atoms with E-state index in [1.54, 1.807) is 0 Å². The van der Waals surface area contributed by atoms with Gasteiger partial charge in [-0.15, -0.1) is 0 Å². The maximum Gasteiger partial charge on any atom is 0.149 e. The zero-order chi connectivity index (χ0) is 46.7. The van der Waals surface area contributed by atoms with Gasteiger partial charge in [0.05, 0.1) is 38.9 Å². The Morgan fingerprint density at radius 1 is 0.515 bits per heavy atom. The molecule has 9 aromatic rings. The van der Waals surface area contributed by atoms with Crippen LogP contribution in [-0.4, -0.2) is 24.2 Å². The van der Waals surface area contributed by atoms with Gasteiger partial charge in [0, 0.05) is 34.9 Å². The second kappa shape index (κ2) is 15.1. The van der Waals surface area contributed by atoms with E-state index in [0.29, 0.717) is 11.4 Å². The molecule has 0 saturated heterocycles. The smallest absolute Gasteiger partial charge is 0.149 e. The lowest BCUT2D eigenvalue weighted by atomic mass is 9.79. The third-order valence-corrected chi connectivity index (χ3v) is 13.5. The molecular weight excluding hydrogens is 809 g/mol. The molecule has 0 bridgehead atoms. The van der Waals surface area contributed by atoms with E-state index in [1.807, 2.05) is 6.07 Å². The zero-order valence-electron chi connectivity index (χ0n) is 40.4. The quantitative estimate of drug-likeness (QED) is 0.187. The van der Waals surface area contributed by atoms with E-state index >= 15 is 0 Å². The first-order valence-corrected chi connectivity index (χ1v) is 23.2. The Morgan fingerprint density at radius 2 is 1.15 bits per heavy atom. The number of rotatable bonds is 5. The van der Waals surface area contributed by atoms with E-state index in [9.17, 15) is 5.11 Å². The Morgan fingerprint density at radius 3 is 1.86 bits per heavy atom. The summed E-state index contributed by atoms with van der Waals surface area (Å²) in [4.78, 5) is 11.0. The maximum absolute atomic E-state index is 12.6. The molecule has 0 fully saturated rings. The Balaban J connectivity index is 1.33. The molecule has 0 spiro atoms. The van der Waals surface area contributed by atoms with Crippen molar-refractivity contribution in [2.24, 2.45) is 7.05 Å². The summed E-state index contributed by atoms with van der Waals surface area (Å²) in [5.74, 6) is 2.56. The lowest BCUT2D eigenvalue weighted by Crippen LogP contribution is -2.29. The van der Waals surface area contributed by atoms with Gasteiger partial charge in [0.15, 0.2) is 0 Å². The summed E-state index contributed by atoms with van der Waals surface area (Å²) in [5.41, 5.74) is 15.8. The van der Waals surface area contributed by atoms with Crippen LogP contribution in [0.2, 0.25) is 0 Å². The Kier molecular flexibility index (Phi) is 9.81. The minimum atomic E-state index is -0.577. The van der Waals surface area contributed by atoms with E-state index in [4.69, 9.17) is 14.7 Å². The molecule has 1 N–H and O–H groups in total. The van der Waals surface area contributed by atoms with Crippen molar-refractivity contribution >= 4 is 22.1 Å². The molecule has 66 heavy (non-hydrogen) atoms. The summed E-state index contributed by atoms with van der Waals surface area (Å²) in [6.07, 6.45) is 0. The van der Waals surface area contributed by atoms with Crippen LogP contribution in [-0.2, 0) is 28.9 Å². The molecule has 0 amide bonds. The van der Waals surface area contributed by atoms with Crippen LogP contribution in [0.1, 0.15) is 98.4 Å². The number of phenolic OH excluding ortho intramolecular Hbond substituents is 1. The number of imidazole rings is 2. The van der Waals surface area contributed by atoms with Crippen LogP contribution in [0.3, 0.4) is 0 Å². The first kappa shape index (κ1) is 43.0. The number of phenols is 1. The highest BCUT2D eigenvalue weighted by atomic mass is 16.5. The minimum absolute atomic E-state index is 0.0866. The monoisotopic (exact) mass is 868 g/mol. The van der Waals surface area contributed by atoms with Gasteiger partial charge in [0.2, 0.25) is 0 Å². The number of ether oxygens (including phenoxy) is 1. The molecule has 0 aliphatic carbocycles. The standard InChI is InChI=1S/C60H60N4O2/c1-57(2,3)38-29-30-49(42(33-38)36-21-14-13-15-22-36)64-51-28-20-24-40(52(51)62-56(64)44-34-39(58(4,5)6)35-47(53(44)65)59(7,8)9)37-31-43-41-23-16-17-25-46(41)60(10,11)66-54(43)45(32-37)55-61-48-26-18-19-27-50(48)63(55)12/h13-35,65H,1-12H3. The van der Waals surface area contributed by atoms with Crippen LogP contribution in [0.15, 0.2) is 140 Å². The highest BCUT2D eigenvalue weighted by molar-refractivity contribution is 6.00. The number of fused-ring (bicyclic) bond motifs is 5. The fourth-order valence-corrected chi connectivity index (χ4v) is 9.81. The maximum atomic E-state index is 12.6. The number of hydrogen-bond acceptors (Lipinski definition) is 4. The number of aryl methyl sites for hydroxylation is 1. The average Bonchev–Trinajstić information content (AvgIpc) is 3.83. The summed E-state index contributed by atoms with van der Waals surface area (Å²) in [6.45, 7) is 24.3. The van der Waals surface area contributed by atoms with Crippen molar-refractivity contribution in [2.75, 3.05) is 0 Å². The van der Waals surface area contributed by atoms with Gasteiger partial charge in [-0.3, -0.25) is 4.57 Å². The van der Waals surface area contributed by atoms with Crippen molar-refractivity contribution < 1.29 is 9.84 Å². The van der Waals surface area contributed by atoms with Crippen molar-refractivity contribution in [3.8, 4) is 73.3 Å². The lowest BCUT2D eigenvalue weighted by molar-refractivity contribution is 0.106. The first-order valence-electron chi connectivity index (χ1n) is 23.2. The third kappa shape index (κ3) is 7.09. The molecule has 0 saturated carbocycles. The molecule has 7 aromatic carbocycles. The Hall–Kier alpha value is -6.92. The Bertz CT molecular complexity index is 3380. The number of nitrogens with zero attached hydrogens (tertiary/aromatic N) is 4. The van der Waals surface area contributed by atoms with E-state index in [0.717, 1.165) is 95.0 Å². The van der Waals surface area contributed by atoms with Crippen LogP contribution in [0.25, 0.3) is 83.9 Å². The van der Waals surface area contributed by atoms with Crippen LogP contribution < -0.4 is 4.74 Å². The third-order valence-electron chi connectivity index (χ3n) is 13.5. The van der Waals surface area contributed by atoms with Gasteiger partial charge < -0.3 is 14.4 Å². The second-order valence-electron chi connectivity index (χ2n) is 21.8. The van der Waals surface area contributed by atoms with E-state index in [1.165, 1.54) is 5.56 Å². The van der Waals surface area contributed by atoms with Crippen LogP contribution in [0.4, 0.5) is 0 Å². The predicted octanol–water partition coefficient (Wildman–Crippen LogP) is 15.5. The van der Waals surface area contributed by atoms with Gasteiger partial charge in [-0.25, -0.2) is 9.97 Å². The fourth-order valence-electron chi connectivity index (χ4n) is 9.81. The number of para-hydroxylation sites is 3. The van der Waals surface area contributed by atoms with Gasteiger partial charge >= 0.3 is 0 Å². The van der Waals surface area contributed by atoms with Gasteiger partial charge in [0.1, 0.15) is 28.7 Å². The SMILES string of the molecule is Cn1c(-c2cc(-c3cccc4c3nc(-c3cc(C(C)(C)C)cc(C(C)(C)C)c3O)n4-c3ccc(C(C)(C)C)cc3-c3ccccc3)cc3c2OC(C)(C)c2ccccc2-3)nc2ccccc21. The summed E-state index contributed by atoms with van der Waals surface area (Å²) in [7, 11) is 2.08. The number of aromatic hydroxyl groups is 1. The van der Waals surface area contributed by atoms with Crippen molar-refractivity contribution in [2.45, 2.75) is 98.0 Å². The molecule has 10 rings (SSSR count). The molecule has 6 heteroatoms. The second-order valence-corrected chi connectivity index (χ2v) is 21.8. The molecule has 2 aromatic heterocycles. The van der Waals surface area contributed by atoms with E-state index in [-0.39, 0.29) is 22.0 Å². The number of benzene rings is 7. The number of aromatic nitrogens is 4. The van der Waals surface area contributed by atoms with Gasteiger partial charge in [-0.2, -0.15) is 0 Å². The summed E-state index contributed by atoms with van der Waals surface area (Å²) in [5, 5.41) is 12.6. The lowest BCUT2D eigenvalue weighted by Gasteiger charge is -2.36. The molecule has 1 aliphatic heterocycles. The molecule has 6 nitrogen and oxygen atoms in total. The normalized spacial score (nSPS) is 13.8. The predicted molar refractivity (Wildman–Crippen MR) is 274 cm³/mol. The summed E-state index contributed by atoms with van der Waals surface area (Å²) >= 11 is 0. The highest BCUT2D eigenvalue weighted by Crippen LogP contribution is 2.52. The molecule has 0 unspecified atom stereocenters. The zero-order valence-corrected chi connectivity index (χ0v) is 40.4. The molecule has 0 radical (unpaired) electrons. The van der Waals surface area contributed by atoms with Crippen molar-refractivity contribution in [1.82, 2.24) is 19.1 Å². The van der Waals surface area contributed by atoms with Crippen molar-refractivity contribution in [3.05, 3.63) is 162 Å². The molecule has 3 heterocycles. The summed E-state index contributed by atoms with van der Waals surface area (Å²) in [6, 6.07) is 49.7. The molecule has 0 atom stereocenters. The van der Waals surface area contributed by atoms with Gasteiger partial charge in [-0.1, -0.05) is 153 Å². The van der Waals surface area contributed by atoms with Crippen molar-refractivity contribution in [3.63, 3.8) is 0 Å². The van der Waals surface area contributed by atoms with E-state index in [2.05, 4.69) is 226 Å². The van der Waals surface area contributed by atoms with Gasteiger partial charge in [-0.05, 0) is 106 Å². The van der Waals surface area contributed by atoms with Gasteiger partial charge in [0.25, 0.3) is 0 Å². The van der Waals surface area contributed by atoms with Crippen LogP contribution in [0, 0.1) is 0 Å². The van der Waals surface area contributed by atoms with Crippen molar-refractivity contribution in [1.29, 1.82) is 0 Å². The molecular formula is C60H60N4O2. The average molecular weight is 869 g/mol. The first-order chi connectivity index (χ1) is 31.2. The van der Waals surface area contributed by atoms with E-state index < -0.39 is 5.60 Å². The van der Waals surface area contributed by atoms with Crippen LogP contribution in [0.5, 0.6) is 11.5 Å². The molecule has 1 aliphatic rings. The van der Waals surface area contributed by atoms with Crippen LogP contribution >= 0.6 is 0 Å². The fraction of sp³-hybridized carbons (Fsp3) is 0.267. The number of hydrogen-bond donors (Lipinski definition) is 1. The largest absolute Gasteiger partial charge is 0.507 e. The Labute approximate surface area is 389 Å². The topological polar surface area (TPSA) is 65.1 Å². The minimum Gasteiger partial charge on any atom is -0.507 e.